The van der Waals surface area contributed by atoms with E-state index in [1.807, 2.05) is 24.3 Å². The first-order valence-electron chi connectivity index (χ1n) is 8.17. The quantitative estimate of drug-likeness (QED) is 0.605. The van der Waals surface area contributed by atoms with Crippen LogP contribution in [0, 0.1) is 0 Å². The van der Waals surface area contributed by atoms with Crippen LogP contribution in [0.15, 0.2) is 57.9 Å². The monoisotopic (exact) mass is 452 g/mol. The standard InChI is InChI=1S/C19H21BrN2O4S/c1-14(23)16-6-10-18(11-7-16)27(25,26)22(3)13-19(24)21(2)12-15-4-8-17(20)9-5-15/h4-11H,12-13H2,1-3H3. The van der Waals surface area contributed by atoms with Crippen LogP contribution in [0.5, 0.6) is 0 Å². The molecule has 0 N–H and O–H groups in total. The molecule has 1 amide bonds. The second kappa shape index (κ2) is 8.77. The Kier molecular flexibility index (Phi) is 6.91. The molecule has 0 aromatic heterocycles. The second-order valence-electron chi connectivity index (χ2n) is 6.22. The second-order valence-corrected chi connectivity index (χ2v) is 9.18. The summed E-state index contributed by atoms with van der Waals surface area (Å²) in [6.45, 7) is 1.52. The highest BCUT2D eigenvalue weighted by Gasteiger charge is 2.24. The van der Waals surface area contributed by atoms with E-state index in [0.29, 0.717) is 12.1 Å². The summed E-state index contributed by atoms with van der Waals surface area (Å²) in [5.74, 6) is -0.457. The third-order valence-corrected chi connectivity index (χ3v) is 6.43. The van der Waals surface area contributed by atoms with E-state index < -0.39 is 10.0 Å². The fourth-order valence-corrected chi connectivity index (χ4v) is 3.77. The molecule has 0 heterocycles. The molecule has 27 heavy (non-hydrogen) atoms. The first-order chi connectivity index (χ1) is 12.6. The van der Waals surface area contributed by atoms with Crippen molar-refractivity contribution < 1.29 is 18.0 Å². The van der Waals surface area contributed by atoms with Crippen molar-refractivity contribution in [1.82, 2.24) is 9.21 Å². The highest BCUT2D eigenvalue weighted by atomic mass is 79.9. The lowest BCUT2D eigenvalue weighted by molar-refractivity contribution is -0.130. The zero-order valence-electron chi connectivity index (χ0n) is 15.3. The summed E-state index contributed by atoms with van der Waals surface area (Å²) in [5, 5.41) is 0. The normalized spacial score (nSPS) is 11.4. The van der Waals surface area contributed by atoms with Crippen molar-refractivity contribution in [3.8, 4) is 0 Å². The molecule has 0 spiro atoms. The smallest absolute Gasteiger partial charge is 0.243 e. The molecule has 0 unspecified atom stereocenters. The number of sulfonamides is 1. The molecule has 6 nitrogen and oxygen atoms in total. The summed E-state index contributed by atoms with van der Waals surface area (Å²) < 4.78 is 27.2. The van der Waals surface area contributed by atoms with Gasteiger partial charge in [-0.2, -0.15) is 4.31 Å². The van der Waals surface area contributed by atoms with E-state index in [1.165, 1.54) is 43.1 Å². The Labute approximate surface area is 168 Å². The molecule has 144 valence electrons. The number of nitrogens with zero attached hydrogens (tertiary/aromatic N) is 2. The third kappa shape index (κ3) is 5.47. The van der Waals surface area contributed by atoms with Gasteiger partial charge in [-0.05, 0) is 36.8 Å². The van der Waals surface area contributed by atoms with Crippen molar-refractivity contribution in [3.63, 3.8) is 0 Å². The van der Waals surface area contributed by atoms with E-state index in [0.717, 1.165) is 14.3 Å². The SMILES string of the molecule is CC(=O)c1ccc(S(=O)(=O)N(C)CC(=O)N(C)Cc2ccc(Br)cc2)cc1. The molecule has 0 bridgehead atoms. The van der Waals surface area contributed by atoms with Gasteiger partial charge in [-0.3, -0.25) is 9.59 Å². The Morgan fingerprint density at radius 2 is 1.52 bits per heavy atom. The van der Waals surface area contributed by atoms with Crippen molar-refractivity contribution >= 4 is 37.6 Å². The van der Waals surface area contributed by atoms with E-state index in [9.17, 15) is 18.0 Å². The highest BCUT2D eigenvalue weighted by Crippen LogP contribution is 2.16. The number of Topliss-reactive ketones (excluding diaryl/α,β-unsaturated/α-hetero) is 1. The third-order valence-electron chi connectivity index (χ3n) is 4.09. The molecule has 0 saturated heterocycles. The zero-order chi connectivity index (χ0) is 20.2. The minimum atomic E-state index is -3.82. The van der Waals surface area contributed by atoms with E-state index in [-0.39, 0.29) is 23.1 Å². The predicted octanol–water partition coefficient (Wildman–Crippen LogP) is 2.93. The molecule has 2 rings (SSSR count). The first kappa shape index (κ1) is 21.3. The number of amides is 1. The Morgan fingerprint density at radius 1 is 0.963 bits per heavy atom. The number of ketones is 1. The largest absolute Gasteiger partial charge is 0.340 e. The van der Waals surface area contributed by atoms with Gasteiger partial charge in [0.25, 0.3) is 0 Å². The number of hydrogen-bond acceptors (Lipinski definition) is 4. The summed E-state index contributed by atoms with van der Waals surface area (Å²) in [6, 6.07) is 13.2. The van der Waals surface area contributed by atoms with Crippen LogP contribution in [0.2, 0.25) is 0 Å². The highest BCUT2D eigenvalue weighted by molar-refractivity contribution is 9.10. The molecule has 0 aliphatic carbocycles. The summed E-state index contributed by atoms with van der Waals surface area (Å²) in [4.78, 5) is 25.2. The van der Waals surface area contributed by atoms with Gasteiger partial charge in [0.05, 0.1) is 11.4 Å². The number of carbonyl (C=O) groups is 2. The maximum Gasteiger partial charge on any atom is 0.243 e. The fraction of sp³-hybridized carbons (Fsp3) is 0.263. The average molecular weight is 453 g/mol. The van der Waals surface area contributed by atoms with Crippen molar-refractivity contribution in [2.24, 2.45) is 0 Å². The molecule has 0 aliphatic heterocycles. The van der Waals surface area contributed by atoms with Gasteiger partial charge in [-0.1, -0.05) is 40.2 Å². The molecule has 8 heteroatoms. The van der Waals surface area contributed by atoms with Crippen LogP contribution in [-0.4, -0.2) is 50.0 Å². The fourth-order valence-electron chi connectivity index (χ4n) is 2.39. The number of halogens is 1. The average Bonchev–Trinajstić information content (AvgIpc) is 2.63. The lowest BCUT2D eigenvalue weighted by Crippen LogP contribution is -2.39. The summed E-state index contributed by atoms with van der Waals surface area (Å²) in [7, 11) is -0.828. The van der Waals surface area contributed by atoms with Crippen LogP contribution in [0.4, 0.5) is 0 Å². The lowest BCUT2D eigenvalue weighted by atomic mass is 10.2. The van der Waals surface area contributed by atoms with Gasteiger partial charge in [0.2, 0.25) is 15.9 Å². The molecule has 0 fully saturated rings. The Hall–Kier alpha value is -2.03. The molecule has 2 aromatic rings. The zero-order valence-corrected chi connectivity index (χ0v) is 17.7. The minimum absolute atomic E-state index is 0.0402. The van der Waals surface area contributed by atoms with Crippen LogP contribution in [0.3, 0.4) is 0 Å². The topological polar surface area (TPSA) is 74.8 Å². The molecule has 0 radical (unpaired) electrons. The number of likely N-dealkylation sites (N-methyl/N-ethyl adjacent to an activating group) is 2. The van der Waals surface area contributed by atoms with Crippen LogP contribution in [0.1, 0.15) is 22.8 Å². The van der Waals surface area contributed by atoms with Gasteiger partial charge < -0.3 is 4.90 Å². The van der Waals surface area contributed by atoms with Crippen molar-refractivity contribution in [3.05, 3.63) is 64.1 Å². The molecule has 0 atom stereocenters. The van der Waals surface area contributed by atoms with Crippen molar-refractivity contribution in [2.75, 3.05) is 20.6 Å². The van der Waals surface area contributed by atoms with Gasteiger partial charge in [-0.15, -0.1) is 0 Å². The molecular weight excluding hydrogens is 432 g/mol. The van der Waals surface area contributed by atoms with E-state index >= 15 is 0 Å². The van der Waals surface area contributed by atoms with Crippen molar-refractivity contribution in [1.29, 1.82) is 0 Å². The van der Waals surface area contributed by atoms with E-state index in [2.05, 4.69) is 15.9 Å². The maximum atomic E-state index is 12.6. The number of benzene rings is 2. The summed E-state index contributed by atoms with van der Waals surface area (Å²) in [6.07, 6.45) is 0. The first-order valence-corrected chi connectivity index (χ1v) is 10.4. The Morgan fingerprint density at radius 3 is 2.04 bits per heavy atom. The summed E-state index contributed by atoms with van der Waals surface area (Å²) >= 11 is 3.36. The molecule has 0 aliphatic rings. The number of rotatable bonds is 7. The minimum Gasteiger partial charge on any atom is -0.340 e. The van der Waals surface area contributed by atoms with Crippen LogP contribution < -0.4 is 0 Å². The van der Waals surface area contributed by atoms with Gasteiger partial charge in [-0.25, -0.2) is 8.42 Å². The van der Waals surface area contributed by atoms with Gasteiger partial charge in [0.15, 0.2) is 5.78 Å². The van der Waals surface area contributed by atoms with Gasteiger partial charge in [0.1, 0.15) is 0 Å². The van der Waals surface area contributed by atoms with E-state index in [4.69, 9.17) is 0 Å². The maximum absolute atomic E-state index is 12.6. The van der Waals surface area contributed by atoms with Gasteiger partial charge in [0, 0.05) is 30.7 Å². The number of carbonyl (C=O) groups excluding carboxylic acids is 2. The molecule has 0 saturated carbocycles. The van der Waals surface area contributed by atoms with Crippen molar-refractivity contribution in [2.45, 2.75) is 18.4 Å². The molecular formula is C19H21BrN2O4S. The molecule has 2 aromatic carbocycles. The van der Waals surface area contributed by atoms with Crippen LogP contribution in [0.25, 0.3) is 0 Å². The van der Waals surface area contributed by atoms with Crippen LogP contribution in [-0.2, 0) is 21.4 Å². The predicted molar refractivity (Wildman–Crippen MR) is 107 cm³/mol. The number of hydrogen-bond donors (Lipinski definition) is 0. The van der Waals surface area contributed by atoms with Gasteiger partial charge >= 0.3 is 0 Å². The summed E-state index contributed by atoms with van der Waals surface area (Å²) in [5.41, 5.74) is 1.38. The Balaban J connectivity index is 2.05. The Bertz CT molecular complexity index is 925. The van der Waals surface area contributed by atoms with E-state index in [1.54, 1.807) is 7.05 Å². The van der Waals surface area contributed by atoms with Crippen LogP contribution >= 0.6 is 15.9 Å². The lowest BCUT2D eigenvalue weighted by Gasteiger charge is -2.22.